The van der Waals surface area contributed by atoms with E-state index in [2.05, 4.69) is 270 Å². The molecule has 0 spiro atoms. The number of nitrogens with zero attached hydrogens (tertiary/aromatic N) is 5. The molecule has 0 atom stereocenters. The number of fused-ring (bicyclic) bond motifs is 4. The molecule has 0 unspecified atom stereocenters. The molecule has 5 heteroatoms. The third-order valence-electron chi connectivity index (χ3n) is 13.4. The molecule has 68 heavy (non-hydrogen) atoms. The third-order valence-corrected chi connectivity index (χ3v) is 13.4. The van der Waals surface area contributed by atoms with Crippen LogP contribution in [0.25, 0.3) is 61.0 Å². The second-order valence-corrected chi connectivity index (χ2v) is 17.8. The van der Waals surface area contributed by atoms with E-state index in [0.717, 1.165) is 73.1 Å². The van der Waals surface area contributed by atoms with E-state index >= 15 is 0 Å². The minimum atomic E-state index is 0.380. The van der Waals surface area contributed by atoms with E-state index in [-0.39, 0.29) is 0 Å². The van der Waals surface area contributed by atoms with Gasteiger partial charge in [0.05, 0.1) is 28.1 Å². The minimum absolute atomic E-state index is 0.380. The zero-order valence-electron chi connectivity index (χ0n) is 38.1. The molecule has 1 aliphatic heterocycles. The summed E-state index contributed by atoms with van der Waals surface area (Å²) in [5.41, 5.74) is 18.3. The largest absolute Gasteiger partial charge is 0.321 e. The van der Waals surface area contributed by atoms with Crippen molar-refractivity contribution in [2.24, 2.45) is 0 Å². The lowest BCUT2D eigenvalue weighted by Gasteiger charge is -2.31. The van der Waals surface area contributed by atoms with E-state index in [1.165, 1.54) is 33.3 Å². The normalized spacial score (nSPS) is 12.3. The summed E-state index contributed by atoms with van der Waals surface area (Å²) in [6.07, 6.45) is 1.96. The van der Waals surface area contributed by atoms with Crippen LogP contribution in [-0.4, -0.2) is 16.2 Å². The topological polar surface area (TPSA) is 27.5 Å². The molecular formula is C63H49N5. The van der Waals surface area contributed by atoms with Crippen LogP contribution < -0.4 is 14.7 Å². The van der Waals surface area contributed by atoms with Crippen molar-refractivity contribution in [3.05, 3.63) is 248 Å². The van der Waals surface area contributed by atoms with Gasteiger partial charge in [0.25, 0.3) is 0 Å². The molecule has 0 saturated carbocycles. The van der Waals surface area contributed by atoms with Crippen molar-refractivity contribution in [3.8, 4) is 39.2 Å². The third kappa shape index (κ3) is 7.17. The molecule has 11 aromatic rings. The Balaban J connectivity index is 1.10. The Labute approximate surface area is 398 Å². The minimum Gasteiger partial charge on any atom is -0.321 e. The van der Waals surface area contributed by atoms with Crippen molar-refractivity contribution in [2.75, 3.05) is 21.4 Å². The van der Waals surface area contributed by atoms with Gasteiger partial charge in [-0.15, -0.1) is 0 Å². The van der Waals surface area contributed by atoms with Gasteiger partial charge in [0.15, 0.2) is 0 Å². The second-order valence-electron chi connectivity index (χ2n) is 17.8. The summed E-state index contributed by atoms with van der Waals surface area (Å²) in [7, 11) is 0. The van der Waals surface area contributed by atoms with Gasteiger partial charge in [0, 0.05) is 50.8 Å². The molecule has 0 fully saturated rings. The molecular weight excluding hydrogens is 827 g/mol. The van der Waals surface area contributed by atoms with E-state index in [1.54, 1.807) is 0 Å². The standard InChI is InChI=1S/C63H49N5/c1-44(2)52-28-12-13-29-53(52)47-38-39-64-62(40-47)68-58-33-15-14-30-56(58)57-37-36-51(42-61(57)68)67(63-54(45-20-6-3-7-21-45)31-19-32-55(63)46-22-8-4-9-23-46)50-27-18-26-49(41-50)66-43-65(48-24-10-5-11-25-48)59-34-16-17-35-60(59)66/h3-42,44H,43H2,1-2H3. The summed E-state index contributed by atoms with van der Waals surface area (Å²) >= 11 is 0. The highest BCUT2D eigenvalue weighted by molar-refractivity contribution is 6.11. The lowest BCUT2D eigenvalue weighted by Crippen LogP contribution is -2.24. The first-order chi connectivity index (χ1) is 33.6. The van der Waals surface area contributed by atoms with Gasteiger partial charge in [-0.2, -0.15) is 0 Å². The van der Waals surface area contributed by atoms with Crippen molar-refractivity contribution < 1.29 is 0 Å². The SMILES string of the molecule is CC(C)c1ccccc1-c1ccnc(-n2c3ccccc3c3ccc(N(c4cccc(N5CN(c6ccccc6)c6ccccc65)c4)c4c(-c5ccccc5)cccc4-c4ccccc4)cc32)c1. The molecule has 0 radical (unpaired) electrons. The molecule has 9 aromatic carbocycles. The molecule has 12 rings (SSSR count). The van der Waals surface area contributed by atoms with Gasteiger partial charge in [-0.1, -0.05) is 178 Å². The van der Waals surface area contributed by atoms with Crippen molar-refractivity contribution in [1.29, 1.82) is 0 Å². The molecule has 0 aliphatic carbocycles. The summed E-state index contributed by atoms with van der Waals surface area (Å²) in [4.78, 5) is 12.4. The van der Waals surface area contributed by atoms with Gasteiger partial charge in [-0.25, -0.2) is 4.98 Å². The fourth-order valence-corrected chi connectivity index (χ4v) is 10.3. The number of hydrogen-bond donors (Lipinski definition) is 0. The fraction of sp³-hybridized carbons (Fsp3) is 0.0635. The van der Waals surface area contributed by atoms with Crippen LogP contribution in [0, 0.1) is 0 Å². The summed E-state index contributed by atoms with van der Waals surface area (Å²) in [5, 5.41) is 2.35. The number of benzene rings is 9. The molecule has 5 nitrogen and oxygen atoms in total. The molecule has 326 valence electrons. The Morgan fingerprint density at radius 2 is 0.985 bits per heavy atom. The van der Waals surface area contributed by atoms with Crippen molar-refractivity contribution in [3.63, 3.8) is 0 Å². The molecule has 2 aromatic heterocycles. The molecule has 0 saturated heterocycles. The van der Waals surface area contributed by atoms with Crippen LogP contribution in [-0.2, 0) is 0 Å². The number of para-hydroxylation sites is 5. The van der Waals surface area contributed by atoms with Crippen LogP contribution in [0.2, 0.25) is 0 Å². The van der Waals surface area contributed by atoms with Crippen LogP contribution in [0.1, 0.15) is 25.3 Å². The van der Waals surface area contributed by atoms with Crippen LogP contribution in [0.5, 0.6) is 0 Å². The number of anilines is 7. The quantitative estimate of drug-likeness (QED) is 0.137. The maximum atomic E-state index is 5.12. The van der Waals surface area contributed by atoms with Crippen LogP contribution in [0.4, 0.5) is 39.8 Å². The maximum absolute atomic E-state index is 5.12. The van der Waals surface area contributed by atoms with Crippen LogP contribution in [0.15, 0.2) is 243 Å². The molecule has 0 N–H and O–H groups in total. The summed E-state index contributed by atoms with van der Waals surface area (Å²) in [5.74, 6) is 1.26. The van der Waals surface area contributed by atoms with Gasteiger partial charge in [-0.05, 0) is 107 Å². The van der Waals surface area contributed by atoms with Gasteiger partial charge in [-0.3, -0.25) is 4.57 Å². The average Bonchev–Trinajstić information content (AvgIpc) is 3.96. The maximum Gasteiger partial charge on any atom is 0.138 e. The number of aromatic nitrogens is 2. The number of pyridine rings is 1. The first kappa shape index (κ1) is 40.8. The lowest BCUT2D eigenvalue weighted by atomic mass is 9.93. The lowest BCUT2D eigenvalue weighted by molar-refractivity contribution is 0.869. The first-order valence-corrected chi connectivity index (χ1v) is 23.5. The number of rotatable bonds is 10. The Morgan fingerprint density at radius 3 is 1.71 bits per heavy atom. The highest BCUT2D eigenvalue weighted by atomic mass is 15.4. The number of hydrogen-bond acceptors (Lipinski definition) is 4. The summed E-state index contributed by atoms with van der Waals surface area (Å²) in [6.45, 7) is 5.21. The molecule has 3 heterocycles. The monoisotopic (exact) mass is 875 g/mol. The van der Waals surface area contributed by atoms with E-state index in [0.29, 0.717) is 12.6 Å². The van der Waals surface area contributed by atoms with Crippen molar-refractivity contribution in [1.82, 2.24) is 9.55 Å². The predicted molar refractivity (Wildman–Crippen MR) is 286 cm³/mol. The Kier molecular flexibility index (Phi) is 10.4. The van der Waals surface area contributed by atoms with Crippen LogP contribution in [0.3, 0.4) is 0 Å². The average molecular weight is 876 g/mol. The van der Waals surface area contributed by atoms with Crippen molar-refractivity contribution in [2.45, 2.75) is 19.8 Å². The van der Waals surface area contributed by atoms with Crippen molar-refractivity contribution >= 4 is 61.6 Å². The highest BCUT2D eigenvalue weighted by Crippen LogP contribution is 2.50. The van der Waals surface area contributed by atoms with Gasteiger partial charge >= 0.3 is 0 Å². The highest BCUT2D eigenvalue weighted by Gasteiger charge is 2.29. The van der Waals surface area contributed by atoms with Crippen LogP contribution >= 0.6 is 0 Å². The van der Waals surface area contributed by atoms with Gasteiger partial charge < -0.3 is 14.7 Å². The van der Waals surface area contributed by atoms with E-state index < -0.39 is 0 Å². The molecule has 0 amide bonds. The van der Waals surface area contributed by atoms with Gasteiger partial charge in [0.1, 0.15) is 12.5 Å². The Bertz CT molecular complexity index is 3540. The fourth-order valence-electron chi connectivity index (χ4n) is 10.3. The van der Waals surface area contributed by atoms with Gasteiger partial charge in [0.2, 0.25) is 0 Å². The Hall–Kier alpha value is -8.67. The summed E-state index contributed by atoms with van der Waals surface area (Å²) in [6, 6.07) is 85.7. The molecule has 0 bridgehead atoms. The second kappa shape index (κ2) is 17.3. The predicted octanol–water partition coefficient (Wildman–Crippen LogP) is 17.0. The van der Waals surface area contributed by atoms with E-state index in [4.69, 9.17) is 4.98 Å². The first-order valence-electron chi connectivity index (χ1n) is 23.5. The smallest absolute Gasteiger partial charge is 0.138 e. The van der Waals surface area contributed by atoms with E-state index in [1.807, 2.05) is 6.20 Å². The molecule has 1 aliphatic rings. The van der Waals surface area contributed by atoms with E-state index in [9.17, 15) is 0 Å². The zero-order valence-corrected chi connectivity index (χ0v) is 38.1. The Morgan fingerprint density at radius 1 is 0.426 bits per heavy atom. The summed E-state index contributed by atoms with van der Waals surface area (Å²) < 4.78 is 2.35. The zero-order chi connectivity index (χ0) is 45.6.